The summed E-state index contributed by atoms with van der Waals surface area (Å²) in [5.41, 5.74) is 15.2. The lowest BCUT2D eigenvalue weighted by atomic mass is 9.94. The number of nitrogens with zero attached hydrogens (tertiary/aromatic N) is 1. The predicted octanol–water partition coefficient (Wildman–Crippen LogP) is 3.88. The number of carbonyl (C=O) groups excluding carboxylic acids is 1. The SMILES string of the molecule is Cc1cccc(C(CN)NC(=O)c2cc(-c3ccc4n[nH]c(C)c4c3)cc3c2CNC3)c1. The van der Waals surface area contributed by atoms with Crippen molar-refractivity contribution < 1.29 is 4.79 Å². The molecule has 32 heavy (non-hydrogen) atoms. The van der Waals surface area contributed by atoms with Crippen LogP contribution in [0.5, 0.6) is 0 Å². The van der Waals surface area contributed by atoms with E-state index in [4.69, 9.17) is 5.73 Å². The number of benzene rings is 3. The predicted molar refractivity (Wildman–Crippen MR) is 127 cm³/mol. The summed E-state index contributed by atoms with van der Waals surface area (Å²) in [6, 6.07) is 18.3. The molecule has 5 N–H and O–H groups in total. The first-order valence-corrected chi connectivity index (χ1v) is 10.9. The number of fused-ring (bicyclic) bond motifs is 2. The Balaban J connectivity index is 1.52. The van der Waals surface area contributed by atoms with Crippen molar-refractivity contribution in [2.75, 3.05) is 6.54 Å². The minimum atomic E-state index is -0.235. The van der Waals surface area contributed by atoms with Crippen LogP contribution < -0.4 is 16.4 Å². The average molecular weight is 426 g/mol. The highest BCUT2D eigenvalue weighted by molar-refractivity contribution is 5.98. The van der Waals surface area contributed by atoms with E-state index in [9.17, 15) is 4.79 Å². The third kappa shape index (κ3) is 3.68. The molecule has 5 rings (SSSR count). The van der Waals surface area contributed by atoms with Crippen molar-refractivity contribution in [3.63, 3.8) is 0 Å². The van der Waals surface area contributed by atoms with Gasteiger partial charge in [0, 0.05) is 36.3 Å². The summed E-state index contributed by atoms with van der Waals surface area (Å²) < 4.78 is 0. The third-order valence-electron chi connectivity index (χ3n) is 6.27. The van der Waals surface area contributed by atoms with Crippen molar-refractivity contribution in [3.05, 3.63) is 88.1 Å². The van der Waals surface area contributed by atoms with Crippen LogP contribution in [-0.2, 0) is 13.1 Å². The first-order valence-electron chi connectivity index (χ1n) is 10.9. The quantitative estimate of drug-likeness (QED) is 0.390. The molecule has 2 heterocycles. The Morgan fingerprint density at radius 2 is 1.97 bits per heavy atom. The van der Waals surface area contributed by atoms with Crippen LogP contribution in [0, 0.1) is 13.8 Å². The number of carbonyl (C=O) groups is 1. The molecule has 3 aromatic carbocycles. The standard InChI is InChI=1S/C26H27N5O/c1-15-4-3-5-18(8-15)25(12-27)29-26(32)22-11-19(9-20-13-28-14-23(20)22)17-6-7-24-21(10-17)16(2)30-31-24/h3-11,25,28H,12-14,27H2,1-2H3,(H,29,32)(H,30,31). The average Bonchev–Trinajstić information content (AvgIpc) is 3.43. The largest absolute Gasteiger partial charge is 0.344 e. The topological polar surface area (TPSA) is 95.8 Å². The van der Waals surface area contributed by atoms with E-state index in [1.165, 1.54) is 0 Å². The van der Waals surface area contributed by atoms with Crippen molar-refractivity contribution in [2.45, 2.75) is 33.0 Å². The fourth-order valence-electron chi connectivity index (χ4n) is 4.51. The van der Waals surface area contributed by atoms with Crippen LogP contribution in [0.3, 0.4) is 0 Å². The summed E-state index contributed by atoms with van der Waals surface area (Å²) in [6.07, 6.45) is 0. The molecule has 1 aliphatic heterocycles. The van der Waals surface area contributed by atoms with E-state index in [1.807, 2.05) is 44.2 Å². The van der Waals surface area contributed by atoms with Gasteiger partial charge in [0.2, 0.25) is 0 Å². The van der Waals surface area contributed by atoms with Gasteiger partial charge in [-0.05, 0) is 65.9 Å². The molecule has 1 aliphatic rings. The maximum atomic E-state index is 13.4. The summed E-state index contributed by atoms with van der Waals surface area (Å²) in [5.74, 6) is -0.0932. The molecule has 0 fully saturated rings. The van der Waals surface area contributed by atoms with E-state index in [2.05, 4.69) is 45.1 Å². The molecule has 0 aliphatic carbocycles. The Hall–Kier alpha value is -3.48. The number of nitrogens with one attached hydrogen (secondary N) is 3. The summed E-state index contributed by atoms with van der Waals surface area (Å²) in [7, 11) is 0. The van der Waals surface area contributed by atoms with Crippen LogP contribution in [0.15, 0.2) is 54.6 Å². The molecule has 0 spiro atoms. The second kappa shape index (κ2) is 8.22. The number of nitrogens with two attached hydrogens (primary N) is 1. The van der Waals surface area contributed by atoms with E-state index in [-0.39, 0.29) is 11.9 Å². The molecular formula is C26H27N5O. The van der Waals surface area contributed by atoms with Crippen LogP contribution in [0.4, 0.5) is 0 Å². The molecule has 1 unspecified atom stereocenters. The lowest BCUT2D eigenvalue weighted by molar-refractivity contribution is 0.0937. The number of aromatic amines is 1. The van der Waals surface area contributed by atoms with Crippen molar-refractivity contribution in [1.29, 1.82) is 0 Å². The van der Waals surface area contributed by atoms with E-state index in [0.29, 0.717) is 18.7 Å². The molecule has 6 nitrogen and oxygen atoms in total. The van der Waals surface area contributed by atoms with E-state index in [1.54, 1.807) is 0 Å². The van der Waals surface area contributed by atoms with Crippen molar-refractivity contribution in [2.24, 2.45) is 5.73 Å². The fraction of sp³-hybridized carbons (Fsp3) is 0.231. The highest BCUT2D eigenvalue weighted by Crippen LogP contribution is 2.31. The Morgan fingerprint density at radius 1 is 1.09 bits per heavy atom. The zero-order valence-corrected chi connectivity index (χ0v) is 18.3. The number of hydrogen-bond acceptors (Lipinski definition) is 4. The number of hydrogen-bond donors (Lipinski definition) is 4. The molecule has 162 valence electrons. The summed E-state index contributed by atoms with van der Waals surface area (Å²) in [5, 5.41) is 15.0. The Labute approximate surface area is 187 Å². The highest BCUT2D eigenvalue weighted by Gasteiger charge is 2.23. The van der Waals surface area contributed by atoms with Crippen LogP contribution in [-0.4, -0.2) is 22.6 Å². The number of rotatable bonds is 5. The van der Waals surface area contributed by atoms with E-state index in [0.717, 1.165) is 56.5 Å². The molecule has 4 aromatic rings. The minimum Gasteiger partial charge on any atom is -0.344 e. The van der Waals surface area contributed by atoms with Crippen LogP contribution >= 0.6 is 0 Å². The van der Waals surface area contributed by atoms with Gasteiger partial charge in [0.15, 0.2) is 0 Å². The van der Waals surface area contributed by atoms with Gasteiger partial charge in [-0.1, -0.05) is 35.9 Å². The van der Waals surface area contributed by atoms with Gasteiger partial charge in [0.25, 0.3) is 5.91 Å². The Bertz CT molecular complexity index is 1320. The number of aryl methyl sites for hydroxylation is 2. The van der Waals surface area contributed by atoms with Crippen molar-refractivity contribution in [1.82, 2.24) is 20.8 Å². The van der Waals surface area contributed by atoms with Gasteiger partial charge in [0.1, 0.15) is 0 Å². The maximum absolute atomic E-state index is 13.4. The summed E-state index contributed by atoms with van der Waals surface area (Å²) in [6.45, 7) is 5.85. The number of amides is 1. The van der Waals surface area contributed by atoms with Crippen LogP contribution in [0.1, 0.15) is 44.3 Å². The number of H-pyrrole nitrogens is 1. The van der Waals surface area contributed by atoms with Crippen molar-refractivity contribution in [3.8, 4) is 11.1 Å². The van der Waals surface area contributed by atoms with Gasteiger partial charge in [-0.2, -0.15) is 5.10 Å². The van der Waals surface area contributed by atoms with Gasteiger partial charge in [0.05, 0.1) is 11.6 Å². The lowest BCUT2D eigenvalue weighted by Gasteiger charge is -2.19. The lowest BCUT2D eigenvalue weighted by Crippen LogP contribution is -2.34. The Morgan fingerprint density at radius 3 is 2.78 bits per heavy atom. The molecule has 1 aromatic heterocycles. The van der Waals surface area contributed by atoms with Gasteiger partial charge < -0.3 is 16.4 Å². The van der Waals surface area contributed by atoms with E-state index >= 15 is 0 Å². The molecule has 6 heteroatoms. The zero-order chi connectivity index (χ0) is 22.2. The second-order valence-corrected chi connectivity index (χ2v) is 8.52. The normalized spacial score (nSPS) is 13.8. The monoisotopic (exact) mass is 425 g/mol. The van der Waals surface area contributed by atoms with Crippen LogP contribution in [0.25, 0.3) is 22.0 Å². The zero-order valence-electron chi connectivity index (χ0n) is 18.3. The summed E-state index contributed by atoms with van der Waals surface area (Å²) in [4.78, 5) is 13.4. The Kier molecular flexibility index (Phi) is 5.25. The molecule has 0 saturated heterocycles. The minimum absolute atomic E-state index is 0.0932. The van der Waals surface area contributed by atoms with E-state index < -0.39 is 0 Å². The smallest absolute Gasteiger partial charge is 0.252 e. The van der Waals surface area contributed by atoms with Gasteiger partial charge in [-0.15, -0.1) is 0 Å². The first kappa shape index (κ1) is 20.4. The van der Waals surface area contributed by atoms with Gasteiger partial charge in [-0.25, -0.2) is 0 Å². The molecule has 0 radical (unpaired) electrons. The summed E-state index contributed by atoms with van der Waals surface area (Å²) >= 11 is 0. The second-order valence-electron chi connectivity index (χ2n) is 8.52. The molecule has 1 amide bonds. The maximum Gasteiger partial charge on any atom is 0.252 e. The van der Waals surface area contributed by atoms with Crippen LogP contribution in [0.2, 0.25) is 0 Å². The van der Waals surface area contributed by atoms with Crippen molar-refractivity contribution >= 4 is 16.8 Å². The molecule has 1 atom stereocenters. The highest BCUT2D eigenvalue weighted by atomic mass is 16.1. The molecular weight excluding hydrogens is 398 g/mol. The third-order valence-corrected chi connectivity index (χ3v) is 6.27. The van der Waals surface area contributed by atoms with Gasteiger partial charge >= 0.3 is 0 Å². The first-order chi connectivity index (χ1) is 15.5. The number of aromatic nitrogens is 2. The molecule has 0 bridgehead atoms. The van der Waals surface area contributed by atoms with Gasteiger partial charge in [-0.3, -0.25) is 9.89 Å². The molecule has 0 saturated carbocycles. The fourth-order valence-corrected chi connectivity index (χ4v) is 4.51.